The van der Waals surface area contributed by atoms with Crippen molar-refractivity contribution in [1.29, 1.82) is 0 Å². The number of rotatable bonds is 8. The molecule has 0 amide bonds. The summed E-state index contributed by atoms with van der Waals surface area (Å²) >= 11 is 0. The van der Waals surface area contributed by atoms with Crippen LogP contribution in [0.2, 0.25) is 0 Å². The minimum absolute atomic E-state index is 0.676. The summed E-state index contributed by atoms with van der Waals surface area (Å²) in [5.41, 5.74) is 1.16. The van der Waals surface area contributed by atoms with E-state index in [1.807, 2.05) is 12.4 Å². The zero-order valence-electron chi connectivity index (χ0n) is 12.4. The Labute approximate surface area is 116 Å². The molecule has 4 heteroatoms. The lowest BCUT2D eigenvalue weighted by atomic mass is 10.2. The molecule has 106 valence electrons. The van der Waals surface area contributed by atoms with E-state index < -0.39 is 0 Å². The smallest absolute Gasteiger partial charge is 0.225 e. The summed E-state index contributed by atoms with van der Waals surface area (Å²) < 4.78 is 0. The molecule has 0 radical (unpaired) electrons. The Morgan fingerprint density at radius 2 is 2.00 bits per heavy atom. The summed E-state index contributed by atoms with van der Waals surface area (Å²) in [5.74, 6) is 1.58. The molecule has 1 heterocycles. The van der Waals surface area contributed by atoms with E-state index in [0.29, 0.717) is 12.0 Å². The average Bonchev–Trinajstić information content (AvgIpc) is 3.21. The number of aromatic nitrogens is 2. The van der Waals surface area contributed by atoms with Crippen LogP contribution in [0.3, 0.4) is 0 Å². The highest BCUT2D eigenvalue weighted by molar-refractivity contribution is 5.33. The van der Waals surface area contributed by atoms with Crippen molar-refractivity contribution in [1.82, 2.24) is 15.3 Å². The number of nitrogens with one attached hydrogen (secondary N) is 1. The highest BCUT2D eigenvalue weighted by Crippen LogP contribution is 2.29. The van der Waals surface area contributed by atoms with Gasteiger partial charge in [-0.05, 0) is 31.7 Å². The van der Waals surface area contributed by atoms with Gasteiger partial charge in [0.2, 0.25) is 5.95 Å². The lowest BCUT2D eigenvalue weighted by Crippen LogP contribution is -2.28. The summed E-state index contributed by atoms with van der Waals surface area (Å²) in [6.07, 6.45) is 7.65. The molecule has 1 aromatic rings. The highest BCUT2D eigenvalue weighted by atomic mass is 15.3. The molecule has 2 rings (SSSR count). The molecule has 1 aromatic heterocycles. The Hall–Kier alpha value is -1.16. The molecule has 0 atom stereocenters. The zero-order chi connectivity index (χ0) is 13.7. The van der Waals surface area contributed by atoms with Crippen LogP contribution < -0.4 is 10.2 Å². The minimum atomic E-state index is 0.676. The van der Waals surface area contributed by atoms with Crippen LogP contribution in [0.5, 0.6) is 0 Å². The van der Waals surface area contributed by atoms with Gasteiger partial charge in [0, 0.05) is 37.1 Å². The van der Waals surface area contributed by atoms with Crippen LogP contribution in [0.1, 0.15) is 45.6 Å². The van der Waals surface area contributed by atoms with Crippen molar-refractivity contribution in [3.63, 3.8) is 0 Å². The van der Waals surface area contributed by atoms with E-state index >= 15 is 0 Å². The van der Waals surface area contributed by atoms with Crippen molar-refractivity contribution in [3.8, 4) is 0 Å². The Kier molecular flexibility index (Phi) is 5.14. The van der Waals surface area contributed by atoms with Gasteiger partial charge in [-0.1, -0.05) is 20.8 Å². The fourth-order valence-electron chi connectivity index (χ4n) is 2.17. The van der Waals surface area contributed by atoms with Gasteiger partial charge in [-0.25, -0.2) is 9.97 Å². The first-order valence-corrected chi connectivity index (χ1v) is 7.49. The molecule has 1 saturated carbocycles. The molecule has 4 nitrogen and oxygen atoms in total. The van der Waals surface area contributed by atoms with Crippen molar-refractivity contribution in [2.75, 3.05) is 18.0 Å². The van der Waals surface area contributed by atoms with Crippen LogP contribution in [-0.2, 0) is 6.54 Å². The predicted octanol–water partition coefficient (Wildman–Crippen LogP) is 2.60. The number of nitrogens with zero attached hydrogens (tertiary/aromatic N) is 3. The van der Waals surface area contributed by atoms with E-state index in [1.54, 1.807) is 0 Å². The third-order valence-electron chi connectivity index (χ3n) is 3.28. The second-order valence-electron chi connectivity index (χ2n) is 5.84. The Balaban J connectivity index is 1.89. The van der Waals surface area contributed by atoms with E-state index in [-0.39, 0.29) is 0 Å². The van der Waals surface area contributed by atoms with Gasteiger partial charge in [0.05, 0.1) is 0 Å². The standard InChI is InChI=1S/C15H26N4/c1-4-7-19(14-5-6-14)15-17-10-13(11-18-15)9-16-8-12(2)3/h10-12,14,16H,4-9H2,1-3H3. The molecule has 1 N–H and O–H groups in total. The van der Waals surface area contributed by atoms with E-state index in [1.165, 1.54) is 12.8 Å². The molecule has 1 aliphatic rings. The Morgan fingerprint density at radius 1 is 1.32 bits per heavy atom. The Morgan fingerprint density at radius 3 is 2.53 bits per heavy atom. The van der Waals surface area contributed by atoms with Crippen LogP contribution in [-0.4, -0.2) is 29.1 Å². The maximum absolute atomic E-state index is 4.53. The van der Waals surface area contributed by atoms with Crippen molar-refractivity contribution in [3.05, 3.63) is 18.0 Å². The van der Waals surface area contributed by atoms with Crippen LogP contribution in [0, 0.1) is 5.92 Å². The lowest BCUT2D eigenvalue weighted by molar-refractivity contribution is 0.551. The van der Waals surface area contributed by atoms with Gasteiger partial charge in [0.15, 0.2) is 0 Å². The second kappa shape index (κ2) is 6.85. The van der Waals surface area contributed by atoms with Crippen molar-refractivity contribution >= 4 is 5.95 Å². The first-order chi connectivity index (χ1) is 9.20. The van der Waals surface area contributed by atoms with E-state index in [0.717, 1.165) is 37.6 Å². The zero-order valence-corrected chi connectivity index (χ0v) is 12.4. The number of anilines is 1. The van der Waals surface area contributed by atoms with Crippen molar-refractivity contribution in [2.45, 2.75) is 52.6 Å². The first kappa shape index (κ1) is 14.3. The molecule has 0 saturated heterocycles. The second-order valence-corrected chi connectivity index (χ2v) is 5.84. The number of hydrogen-bond donors (Lipinski definition) is 1. The third kappa shape index (κ3) is 4.46. The van der Waals surface area contributed by atoms with Crippen molar-refractivity contribution < 1.29 is 0 Å². The highest BCUT2D eigenvalue weighted by Gasteiger charge is 2.29. The molecule has 0 spiro atoms. The monoisotopic (exact) mass is 262 g/mol. The fraction of sp³-hybridized carbons (Fsp3) is 0.733. The van der Waals surface area contributed by atoms with Crippen LogP contribution in [0.25, 0.3) is 0 Å². The van der Waals surface area contributed by atoms with Gasteiger partial charge in [-0.3, -0.25) is 0 Å². The molecule has 1 fully saturated rings. The third-order valence-corrected chi connectivity index (χ3v) is 3.28. The quantitative estimate of drug-likeness (QED) is 0.782. The molecular formula is C15H26N4. The maximum atomic E-state index is 4.53. The Bertz CT molecular complexity index is 370. The molecular weight excluding hydrogens is 236 g/mol. The van der Waals surface area contributed by atoms with Gasteiger partial charge in [-0.2, -0.15) is 0 Å². The average molecular weight is 262 g/mol. The topological polar surface area (TPSA) is 41.1 Å². The molecule has 19 heavy (non-hydrogen) atoms. The predicted molar refractivity (Wildman–Crippen MR) is 79.2 cm³/mol. The van der Waals surface area contributed by atoms with Gasteiger partial charge >= 0.3 is 0 Å². The van der Waals surface area contributed by atoms with E-state index in [2.05, 4.69) is 41.0 Å². The molecule has 0 unspecified atom stereocenters. The van der Waals surface area contributed by atoms with Crippen LogP contribution in [0.15, 0.2) is 12.4 Å². The molecule has 0 aromatic carbocycles. The largest absolute Gasteiger partial charge is 0.338 e. The van der Waals surface area contributed by atoms with Crippen molar-refractivity contribution in [2.24, 2.45) is 5.92 Å². The summed E-state index contributed by atoms with van der Waals surface area (Å²) in [6.45, 7) is 9.59. The van der Waals surface area contributed by atoms with Gasteiger partial charge in [0.1, 0.15) is 0 Å². The van der Waals surface area contributed by atoms with Crippen LogP contribution in [0.4, 0.5) is 5.95 Å². The summed E-state index contributed by atoms with van der Waals surface area (Å²) in [7, 11) is 0. The lowest BCUT2D eigenvalue weighted by Gasteiger charge is -2.21. The minimum Gasteiger partial charge on any atom is -0.338 e. The SMILES string of the molecule is CCCN(c1ncc(CNCC(C)C)cn1)C1CC1. The van der Waals surface area contributed by atoms with E-state index in [9.17, 15) is 0 Å². The molecule has 1 aliphatic carbocycles. The molecule has 0 bridgehead atoms. The maximum Gasteiger partial charge on any atom is 0.225 e. The summed E-state index contributed by atoms with van der Waals surface area (Å²) in [6, 6.07) is 0.685. The first-order valence-electron chi connectivity index (χ1n) is 7.49. The van der Waals surface area contributed by atoms with E-state index in [4.69, 9.17) is 0 Å². The molecule has 0 aliphatic heterocycles. The fourth-order valence-corrected chi connectivity index (χ4v) is 2.17. The normalized spacial score (nSPS) is 14.9. The van der Waals surface area contributed by atoms with Gasteiger partial charge in [-0.15, -0.1) is 0 Å². The summed E-state index contributed by atoms with van der Waals surface area (Å²) in [4.78, 5) is 11.4. The van der Waals surface area contributed by atoms with Gasteiger partial charge < -0.3 is 10.2 Å². The van der Waals surface area contributed by atoms with Gasteiger partial charge in [0.25, 0.3) is 0 Å². The summed E-state index contributed by atoms with van der Waals surface area (Å²) in [5, 5.41) is 3.42. The number of hydrogen-bond acceptors (Lipinski definition) is 4. The van der Waals surface area contributed by atoms with Crippen LogP contribution >= 0.6 is 0 Å².